The minimum atomic E-state index is 0.578. The van der Waals surface area contributed by atoms with Crippen LogP contribution < -0.4 is 0 Å². The van der Waals surface area contributed by atoms with E-state index >= 15 is 0 Å². The summed E-state index contributed by atoms with van der Waals surface area (Å²) in [5.74, 6) is 0. The standard InChI is InChI=1S/C44H25N3S/c1-45-33-19-20-42-39(27-33)36-15-6-8-17-41(36)47(42)35-23-31(22-34(26-35)46-2)29-13-10-14-30(21-29)32-24-38(28-11-4-3-5-12-28)44-40(25-32)37-16-7-9-18-43(37)48-44/h3-27H. The molecule has 0 saturated heterocycles. The number of benzene rings is 7. The van der Waals surface area contributed by atoms with E-state index in [9.17, 15) is 0 Å². The second-order valence-electron chi connectivity index (χ2n) is 12.0. The zero-order chi connectivity index (χ0) is 32.2. The molecule has 0 saturated carbocycles. The third-order valence-electron chi connectivity index (χ3n) is 9.17. The molecule has 2 heterocycles. The molecule has 0 aliphatic rings. The molecular weight excluding hydrogens is 603 g/mol. The van der Waals surface area contributed by atoms with Gasteiger partial charge < -0.3 is 4.57 Å². The molecule has 7 aromatic carbocycles. The van der Waals surface area contributed by atoms with Crippen LogP contribution in [0.2, 0.25) is 0 Å². The average molecular weight is 628 g/mol. The molecule has 4 heteroatoms. The van der Waals surface area contributed by atoms with Crippen molar-refractivity contribution in [2.24, 2.45) is 0 Å². The first kappa shape index (κ1) is 27.8. The zero-order valence-corrected chi connectivity index (χ0v) is 26.5. The van der Waals surface area contributed by atoms with Gasteiger partial charge in [0.05, 0.1) is 24.2 Å². The summed E-state index contributed by atoms with van der Waals surface area (Å²) in [5.41, 5.74) is 10.9. The van der Waals surface area contributed by atoms with E-state index in [1.165, 1.54) is 31.3 Å². The highest BCUT2D eigenvalue weighted by Crippen LogP contribution is 2.43. The molecule has 0 aliphatic carbocycles. The second-order valence-corrected chi connectivity index (χ2v) is 13.0. The predicted molar refractivity (Wildman–Crippen MR) is 203 cm³/mol. The normalized spacial score (nSPS) is 11.3. The van der Waals surface area contributed by atoms with Gasteiger partial charge in [0, 0.05) is 36.8 Å². The molecule has 2 aromatic heterocycles. The lowest BCUT2D eigenvalue weighted by atomic mass is 9.94. The zero-order valence-electron chi connectivity index (χ0n) is 25.7. The van der Waals surface area contributed by atoms with Crippen LogP contribution in [-0.2, 0) is 0 Å². The Morgan fingerprint density at radius 1 is 0.438 bits per heavy atom. The van der Waals surface area contributed by atoms with Gasteiger partial charge in [-0.25, -0.2) is 9.69 Å². The lowest BCUT2D eigenvalue weighted by Crippen LogP contribution is -1.94. The van der Waals surface area contributed by atoms with Crippen molar-refractivity contribution in [3.05, 3.63) is 174 Å². The first-order chi connectivity index (χ1) is 23.7. The van der Waals surface area contributed by atoms with E-state index in [1.54, 1.807) is 0 Å². The highest BCUT2D eigenvalue weighted by atomic mass is 32.1. The van der Waals surface area contributed by atoms with Crippen LogP contribution >= 0.6 is 11.3 Å². The summed E-state index contributed by atoms with van der Waals surface area (Å²) in [6.07, 6.45) is 0. The van der Waals surface area contributed by atoms with Crippen molar-refractivity contribution in [2.75, 3.05) is 0 Å². The Kier molecular flexibility index (Phi) is 6.44. The van der Waals surface area contributed by atoms with Crippen LogP contribution in [0.25, 0.3) is 90.7 Å². The number of rotatable bonds is 4. The molecule has 3 nitrogen and oxygen atoms in total. The Balaban J connectivity index is 1.23. The molecule has 0 unspecified atom stereocenters. The largest absolute Gasteiger partial charge is 0.311 e. The number of nitrogens with zero attached hydrogens (tertiary/aromatic N) is 3. The van der Waals surface area contributed by atoms with Crippen LogP contribution in [0.5, 0.6) is 0 Å². The van der Waals surface area contributed by atoms with Crippen molar-refractivity contribution in [3.63, 3.8) is 0 Å². The fourth-order valence-corrected chi connectivity index (χ4v) is 8.19. The van der Waals surface area contributed by atoms with E-state index in [1.807, 2.05) is 53.8 Å². The van der Waals surface area contributed by atoms with Crippen molar-refractivity contribution in [2.45, 2.75) is 0 Å². The maximum Gasteiger partial charge on any atom is 0.189 e. The summed E-state index contributed by atoms with van der Waals surface area (Å²) in [6, 6.07) is 52.8. The van der Waals surface area contributed by atoms with Gasteiger partial charge in [-0.1, -0.05) is 91.0 Å². The first-order valence-electron chi connectivity index (χ1n) is 15.7. The van der Waals surface area contributed by atoms with Crippen LogP contribution in [0.1, 0.15) is 0 Å². The summed E-state index contributed by atoms with van der Waals surface area (Å²) >= 11 is 1.85. The SMILES string of the molecule is [C-]#[N+]c1cc(-c2cccc(-c3cc(-c4ccccc4)c4sc5ccccc5c4c3)c2)cc(-n2c3ccccc3c3cc([N+]#[C-])ccc32)c1. The summed E-state index contributed by atoms with van der Waals surface area (Å²) in [6.45, 7) is 15.6. The van der Waals surface area contributed by atoms with Crippen molar-refractivity contribution in [1.82, 2.24) is 4.57 Å². The molecule has 0 aliphatic heterocycles. The fraction of sp³-hybridized carbons (Fsp3) is 0. The second kappa shape index (κ2) is 11.1. The smallest absolute Gasteiger partial charge is 0.189 e. The Hall–Kier alpha value is -6.46. The molecule has 0 spiro atoms. The van der Waals surface area contributed by atoms with Gasteiger partial charge >= 0.3 is 0 Å². The quantitative estimate of drug-likeness (QED) is 0.172. The van der Waals surface area contributed by atoms with Crippen LogP contribution in [0.3, 0.4) is 0 Å². The fourth-order valence-electron chi connectivity index (χ4n) is 6.97. The van der Waals surface area contributed by atoms with E-state index in [2.05, 4.69) is 123 Å². The van der Waals surface area contributed by atoms with E-state index in [-0.39, 0.29) is 0 Å². The summed E-state index contributed by atoms with van der Waals surface area (Å²) in [4.78, 5) is 7.57. The molecule has 9 rings (SSSR count). The monoisotopic (exact) mass is 627 g/mol. The van der Waals surface area contributed by atoms with Gasteiger partial charge in [-0.15, -0.1) is 11.3 Å². The Morgan fingerprint density at radius 3 is 1.94 bits per heavy atom. The van der Waals surface area contributed by atoms with Gasteiger partial charge in [0.1, 0.15) is 0 Å². The average Bonchev–Trinajstić information content (AvgIpc) is 3.70. The molecule has 0 atom stereocenters. The number of fused-ring (bicyclic) bond motifs is 6. The lowest BCUT2D eigenvalue weighted by molar-refractivity contribution is 1.18. The maximum atomic E-state index is 8.00. The van der Waals surface area contributed by atoms with Gasteiger partial charge in [0.15, 0.2) is 11.4 Å². The van der Waals surface area contributed by atoms with Crippen LogP contribution in [0.15, 0.2) is 152 Å². The van der Waals surface area contributed by atoms with Gasteiger partial charge in [-0.05, 0) is 93.9 Å². The minimum Gasteiger partial charge on any atom is -0.311 e. The molecule has 9 aromatic rings. The van der Waals surface area contributed by atoms with Crippen LogP contribution in [0.4, 0.5) is 11.4 Å². The third-order valence-corrected chi connectivity index (χ3v) is 10.4. The van der Waals surface area contributed by atoms with Gasteiger partial charge in [0.2, 0.25) is 0 Å². The predicted octanol–water partition coefficient (Wildman–Crippen LogP) is 13.3. The molecule has 222 valence electrons. The van der Waals surface area contributed by atoms with Gasteiger partial charge in [0.25, 0.3) is 0 Å². The molecule has 0 N–H and O–H groups in total. The number of hydrogen-bond donors (Lipinski definition) is 0. The van der Waals surface area contributed by atoms with E-state index in [0.29, 0.717) is 11.4 Å². The Bertz CT molecular complexity index is 2810. The van der Waals surface area contributed by atoms with E-state index in [4.69, 9.17) is 13.1 Å². The van der Waals surface area contributed by atoms with Crippen molar-refractivity contribution >= 4 is 64.7 Å². The summed E-state index contributed by atoms with van der Waals surface area (Å²) in [5, 5.41) is 4.65. The third kappa shape index (κ3) is 4.48. The molecule has 0 bridgehead atoms. The Labute approximate surface area is 281 Å². The van der Waals surface area contributed by atoms with Gasteiger partial charge in [-0.2, -0.15) is 0 Å². The van der Waals surface area contributed by atoms with Crippen LogP contribution in [-0.4, -0.2) is 4.57 Å². The first-order valence-corrected chi connectivity index (χ1v) is 16.6. The number of para-hydroxylation sites is 1. The Morgan fingerprint density at radius 2 is 1.12 bits per heavy atom. The number of aromatic nitrogens is 1. The molecular formula is C44H25N3S. The minimum absolute atomic E-state index is 0.578. The molecule has 0 amide bonds. The molecule has 0 radical (unpaired) electrons. The van der Waals surface area contributed by atoms with E-state index in [0.717, 1.165) is 49.7 Å². The lowest BCUT2D eigenvalue weighted by Gasteiger charge is -2.13. The summed E-state index contributed by atoms with van der Waals surface area (Å²) < 4.78 is 4.79. The summed E-state index contributed by atoms with van der Waals surface area (Å²) in [7, 11) is 0. The van der Waals surface area contributed by atoms with E-state index < -0.39 is 0 Å². The van der Waals surface area contributed by atoms with Crippen LogP contribution in [0, 0.1) is 13.1 Å². The van der Waals surface area contributed by atoms with Gasteiger partial charge in [-0.3, -0.25) is 0 Å². The molecule has 48 heavy (non-hydrogen) atoms. The molecule has 0 fully saturated rings. The van der Waals surface area contributed by atoms with Crippen molar-refractivity contribution < 1.29 is 0 Å². The van der Waals surface area contributed by atoms with Crippen molar-refractivity contribution in [3.8, 4) is 39.1 Å². The highest BCUT2D eigenvalue weighted by Gasteiger charge is 2.16. The highest BCUT2D eigenvalue weighted by molar-refractivity contribution is 7.26. The van der Waals surface area contributed by atoms with Crippen molar-refractivity contribution in [1.29, 1.82) is 0 Å². The number of thiophene rings is 1. The number of hydrogen-bond acceptors (Lipinski definition) is 1. The maximum absolute atomic E-state index is 8.00. The topological polar surface area (TPSA) is 13.6 Å².